The molecule has 0 aromatic carbocycles. The second-order valence-electron chi connectivity index (χ2n) is 13.1. The van der Waals surface area contributed by atoms with Gasteiger partial charge in [0.25, 0.3) is 0 Å². The predicted octanol–water partition coefficient (Wildman–Crippen LogP) is 1.86. The van der Waals surface area contributed by atoms with Crippen LogP contribution in [0.1, 0.15) is 81.6 Å². The van der Waals surface area contributed by atoms with Crippen LogP contribution in [0.5, 0.6) is 0 Å². The fourth-order valence-corrected chi connectivity index (χ4v) is 7.90. The first kappa shape index (κ1) is 35.3. The molecular formula is C32H44O14. The van der Waals surface area contributed by atoms with E-state index in [-0.39, 0.29) is 18.4 Å². The monoisotopic (exact) mass is 652 g/mol. The van der Waals surface area contributed by atoms with Crippen LogP contribution < -0.4 is 0 Å². The third kappa shape index (κ3) is 5.78. The summed E-state index contributed by atoms with van der Waals surface area (Å²) in [4.78, 5) is 76.7. The molecule has 1 N–H and O–H groups in total. The third-order valence-corrected chi connectivity index (χ3v) is 9.90. The van der Waals surface area contributed by atoms with Crippen molar-refractivity contribution in [1.29, 1.82) is 0 Å². The summed E-state index contributed by atoms with van der Waals surface area (Å²) >= 11 is 0. The minimum atomic E-state index is -1.76. The van der Waals surface area contributed by atoms with E-state index in [1.54, 1.807) is 27.7 Å². The van der Waals surface area contributed by atoms with Crippen molar-refractivity contribution >= 4 is 35.8 Å². The number of hydrogen-bond donors (Lipinski definition) is 1. The van der Waals surface area contributed by atoms with Gasteiger partial charge in [0.1, 0.15) is 30.5 Å². The molecule has 46 heavy (non-hydrogen) atoms. The largest absolute Gasteiger partial charge is 0.462 e. The topological polar surface area (TPSA) is 191 Å². The van der Waals surface area contributed by atoms with Crippen LogP contribution in [0.25, 0.3) is 0 Å². The second kappa shape index (κ2) is 12.6. The lowest BCUT2D eigenvalue weighted by molar-refractivity contribution is -0.251. The molecule has 3 fully saturated rings. The molecular weight excluding hydrogens is 608 g/mol. The first-order chi connectivity index (χ1) is 21.3. The fourth-order valence-electron chi connectivity index (χ4n) is 7.90. The summed E-state index contributed by atoms with van der Waals surface area (Å²) in [7, 11) is 0. The van der Waals surface area contributed by atoms with Crippen LogP contribution in [0.4, 0.5) is 0 Å². The molecule has 4 rings (SSSR count). The third-order valence-electron chi connectivity index (χ3n) is 9.90. The molecule has 0 aromatic rings. The molecule has 12 atom stereocenters. The van der Waals surface area contributed by atoms with Gasteiger partial charge >= 0.3 is 35.8 Å². The Balaban J connectivity index is 2.09. The van der Waals surface area contributed by atoms with Crippen molar-refractivity contribution in [3.05, 3.63) is 11.6 Å². The number of carbonyl (C=O) groups is 6. The van der Waals surface area contributed by atoms with E-state index in [9.17, 15) is 33.9 Å². The van der Waals surface area contributed by atoms with Crippen LogP contribution in [0, 0.1) is 17.3 Å². The van der Waals surface area contributed by atoms with Crippen molar-refractivity contribution in [3.63, 3.8) is 0 Å². The summed E-state index contributed by atoms with van der Waals surface area (Å²) in [6.45, 7) is 12.8. The maximum Gasteiger partial charge on any atom is 0.342 e. The quantitative estimate of drug-likeness (QED) is 0.181. The number of hydrogen-bond acceptors (Lipinski definition) is 14. The van der Waals surface area contributed by atoms with Crippen LogP contribution in [0.2, 0.25) is 0 Å². The molecule has 14 heteroatoms. The lowest BCUT2D eigenvalue weighted by atomic mass is 9.52. The maximum atomic E-state index is 13.3. The number of fused-ring (bicyclic) bond motifs is 1. The van der Waals surface area contributed by atoms with Crippen molar-refractivity contribution in [3.8, 4) is 0 Å². The Bertz CT molecular complexity index is 1320. The Morgan fingerprint density at radius 3 is 2.00 bits per heavy atom. The first-order valence-corrected chi connectivity index (χ1v) is 15.5. The molecule has 1 spiro atoms. The Labute approximate surface area is 267 Å². The van der Waals surface area contributed by atoms with E-state index >= 15 is 0 Å². The minimum Gasteiger partial charge on any atom is -0.462 e. The molecule has 0 amide bonds. The van der Waals surface area contributed by atoms with Crippen molar-refractivity contribution < 1.29 is 67.0 Å². The van der Waals surface area contributed by atoms with E-state index in [0.29, 0.717) is 6.42 Å². The van der Waals surface area contributed by atoms with Gasteiger partial charge in [-0.3, -0.25) is 24.0 Å². The molecule has 2 saturated heterocycles. The standard InChI is InChI=1S/C32H44O14/c1-10-11-23(37)45-26-14(2)12-22-32(31(9,46-32)29(39)44-22)27(42-18(6)35)24-15(3)20(40-16(4)33)13-21(41-17(5)34)30(24,8)28(25(26)38)43-19(7)36/h12,15,20-22,24-28,38H,10-11,13H2,1-9H3/b14-12-/t15-,20-,21-,22-,24+,25-,26+,27-,28-,30-,31-,32-/m1/s1. The SMILES string of the molecule is CCCC(=O)O[C@H]1/C(C)=C\[C@H]2OC(=O)[C@@]3(C)O[C@@]23[C@H](OC(C)=O)[C@@H]2[C@H](C)[C@H](OC(C)=O)C[C@@H](OC(C)=O)[C@@]2(C)[C@H](OC(C)=O)[C@@H]1O. The van der Waals surface area contributed by atoms with Gasteiger partial charge in [-0.1, -0.05) is 20.8 Å². The van der Waals surface area contributed by atoms with Crippen molar-refractivity contribution in [2.45, 2.75) is 136 Å². The highest BCUT2D eigenvalue weighted by molar-refractivity contribution is 5.89. The molecule has 4 aliphatic rings. The Morgan fingerprint density at radius 1 is 0.913 bits per heavy atom. The van der Waals surface area contributed by atoms with Gasteiger partial charge in [0.15, 0.2) is 23.4 Å². The molecule has 0 radical (unpaired) electrons. The minimum absolute atomic E-state index is 0.0177. The zero-order chi connectivity index (χ0) is 34.5. The van der Waals surface area contributed by atoms with Crippen LogP contribution in [0.15, 0.2) is 11.6 Å². The van der Waals surface area contributed by atoms with Gasteiger partial charge in [-0.05, 0) is 31.9 Å². The molecule has 2 heterocycles. The van der Waals surface area contributed by atoms with Gasteiger partial charge in [0.05, 0.1) is 5.41 Å². The highest BCUT2D eigenvalue weighted by Crippen LogP contribution is 2.66. The maximum absolute atomic E-state index is 13.3. The first-order valence-electron chi connectivity index (χ1n) is 15.5. The number of ether oxygens (including phenoxy) is 7. The average molecular weight is 653 g/mol. The predicted molar refractivity (Wildman–Crippen MR) is 154 cm³/mol. The summed E-state index contributed by atoms with van der Waals surface area (Å²) < 4.78 is 41.3. The molecule has 1 saturated carbocycles. The van der Waals surface area contributed by atoms with E-state index in [1.807, 2.05) is 0 Å². The van der Waals surface area contributed by atoms with E-state index in [2.05, 4.69) is 0 Å². The van der Waals surface area contributed by atoms with Crippen LogP contribution in [-0.2, 0) is 61.9 Å². The normalized spacial score (nSPS) is 42.3. The molecule has 0 aromatic heterocycles. The average Bonchev–Trinajstić information content (AvgIpc) is 3.52. The molecule has 0 bridgehead atoms. The molecule has 0 unspecified atom stereocenters. The zero-order valence-corrected chi connectivity index (χ0v) is 27.6. The fraction of sp³-hybridized carbons (Fsp3) is 0.750. The number of aliphatic hydroxyl groups excluding tert-OH is 1. The Morgan fingerprint density at radius 2 is 1.48 bits per heavy atom. The van der Waals surface area contributed by atoms with Crippen LogP contribution in [0.3, 0.4) is 0 Å². The van der Waals surface area contributed by atoms with Gasteiger partial charge in [0, 0.05) is 52.4 Å². The van der Waals surface area contributed by atoms with Crippen molar-refractivity contribution in [1.82, 2.24) is 0 Å². The highest BCUT2D eigenvalue weighted by atomic mass is 16.7. The number of esters is 6. The van der Waals surface area contributed by atoms with Crippen molar-refractivity contribution in [2.24, 2.45) is 17.3 Å². The summed E-state index contributed by atoms with van der Waals surface area (Å²) in [6.07, 6.45) is -7.65. The number of epoxide rings is 1. The van der Waals surface area contributed by atoms with Crippen LogP contribution >= 0.6 is 0 Å². The van der Waals surface area contributed by atoms with Gasteiger partial charge in [-0.2, -0.15) is 0 Å². The van der Waals surface area contributed by atoms with Gasteiger partial charge in [-0.15, -0.1) is 0 Å². The lowest BCUT2D eigenvalue weighted by Gasteiger charge is -2.57. The molecule has 2 aliphatic heterocycles. The molecule has 2 aliphatic carbocycles. The summed E-state index contributed by atoms with van der Waals surface area (Å²) in [6, 6.07) is 0. The second-order valence-corrected chi connectivity index (χ2v) is 13.1. The van der Waals surface area contributed by atoms with Crippen LogP contribution in [-0.4, -0.2) is 94.9 Å². The Hall–Kier alpha value is -3.52. The lowest BCUT2D eigenvalue weighted by Crippen LogP contribution is -2.69. The van der Waals surface area contributed by atoms with Gasteiger partial charge < -0.3 is 38.3 Å². The number of aliphatic hydroxyl groups is 1. The van der Waals surface area contributed by atoms with E-state index in [0.717, 1.165) is 6.92 Å². The molecule has 14 nitrogen and oxygen atoms in total. The van der Waals surface area contributed by atoms with E-state index < -0.39 is 107 Å². The van der Waals surface area contributed by atoms with E-state index in [1.165, 1.54) is 33.8 Å². The number of rotatable bonds is 7. The highest BCUT2D eigenvalue weighted by Gasteiger charge is 2.87. The smallest absolute Gasteiger partial charge is 0.342 e. The summed E-state index contributed by atoms with van der Waals surface area (Å²) in [5, 5.41) is 12.2. The Kier molecular flexibility index (Phi) is 9.67. The summed E-state index contributed by atoms with van der Waals surface area (Å²) in [5.41, 5.74) is -4.68. The van der Waals surface area contributed by atoms with Gasteiger partial charge in [-0.25, -0.2) is 4.79 Å². The summed E-state index contributed by atoms with van der Waals surface area (Å²) in [5.74, 6) is -6.17. The van der Waals surface area contributed by atoms with Gasteiger partial charge in [0.2, 0.25) is 0 Å². The molecule has 256 valence electrons. The number of carbonyl (C=O) groups excluding carboxylic acids is 6. The van der Waals surface area contributed by atoms with E-state index in [4.69, 9.17) is 33.2 Å². The van der Waals surface area contributed by atoms with Crippen molar-refractivity contribution in [2.75, 3.05) is 0 Å². The zero-order valence-electron chi connectivity index (χ0n) is 27.6.